The summed E-state index contributed by atoms with van der Waals surface area (Å²) in [5.74, 6) is 0. The summed E-state index contributed by atoms with van der Waals surface area (Å²) in [5, 5.41) is 3.58. The second-order valence-electron chi connectivity index (χ2n) is 4.95. The van der Waals surface area contributed by atoms with Crippen LogP contribution >= 0.6 is 0 Å². The second kappa shape index (κ2) is 7.05. The van der Waals surface area contributed by atoms with E-state index in [1.807, 2.05) is 18.5 Å². The Balaban J connectivity index is 2.06. The first-order valence-corrected chi connectivity index (χ1v) is 6.96. The van der Waals surface area contributed by atoms with E-state index in [9.17, 15) is 0 Å². The molecule has 2 heteroatoms. The maximum Gasteiger partial charge on any atom is 0.0300 e. The zero-order valence-electron chi connectivity index (χ0n) is 11.8. The number of nitrogens with one attached hydrogen (secondary N) is 1. The quantitative estimate of drug-likeness (QED) is 0.856. The standard InChI is InChI=1S/C17H22N2/c1-3-19-17(11-15-8-6-10-18-13-15)12-16-9-5-4-7-14(16)2/h4-10,13,17,19H,3,11-12H2,1-2H3. The van der Waals surface area contributed by atoms with E-state index in [4.69, 9.17) is 0 Å². The number of aryl methyl sites for hydroxylation is 1. The van der Waals surface area contributed by atoms with Crippen molar-refractivity contribution in [1.82, 2.24) is 10.3 Å². The van der Waals surface area contributed by atoms with Crippen LogP contribution in [0.3, 0.4) is 0 Å². The van der Waals surface area contributed by atoms with Gasteiger partial charge in [0.05, 0.1) is 0 Å². The number of rotatable bonds is 6. The first-order valence-electron chi connectivity index (χ1n) is 6.96. The third-order valence-electron chi connectivity index (χ3n) is 3.43. The van der Waals surface area contributed by atoms with E-state index in [1.165, 1.54) is 16.7 Å². The van der Waals surface area contributed by atoms with Gasteiger partial charge in [-0.25, -0.2) is 0 Å². The molecule has 1 N–H and O–H groups in total. The Hall–Kier alpha value is -1.67. The Morgan fingerprint density at radius 3 is 2.63 bits per heavy atom. The molecule has 1 unspecified atom stereocenters. The van der Waals surface area contributed by atoms with Crippen molar-refractivity contribution in [3.63, 3.8) is 0 Å². The Kier molecular flexibility index (Phi) is 5.10. The average Bonchev–Trinajstić information content (AvgIpc) is 2.43. The minimum absolute atomic E-state index is 0.468. The second-order valence-corrected chi connectivity index (χ2v) is 4.95. The summed E-state index contributed by atoms with van der Waals surface area (Å²) in [4.78, 5) is 4.19. The van der Waals surface area contributed by atoms with E-state index in [2.05, 4.69) is 54.5 Å². The van der Waals surface area contributed by atoms with E-state index in [-0.39, 0.29) is 0 Å². The number of likely N-dealkylation sites (N-methyl/N-ethyl adjacent to an activating group) is 1. The summed E-state index contributed by atoms with van der Waals surface area (Å²) in [6.07, 6.45) is 5.88. The molecule has 1 heterocycles. The van der Waals surface area contributed by atoms with E-state index >= 15 is 0 Å². The van der Waals surface area contributed by atoms with Gasteiger partial charge in [0.15, 0.2) is 0 Å². The van der Waals surface area contributed by atoms with Gasteiger partial charge in [-0.1, -0.05) is 37.3 Å². The van der Waals surface area contributed by atoms with E-state index in [1.54, 1.807) is 0 Å². The maximum atomic E-state index is 4.19. The van der Waals surface area contributed by atoms with Crippen LogP contribution in [-0.2, 0) is 12.8 Å². The van der Waals surface area contributed by atoms with Gasteiger partial charge in [-0.2, -0.15) is 0 Å². The number of hydrogen-bond acceptors (Lipinski definition) is 2. The van der Waals surface area contributed by atoms with Crippen molar-refractivity contribution in [3.05, 3.63) is 65.5 Å². The molecule has 0 aliphatic rings. The molecule has 0 radical (unpaired) electrons. The topological polar surface area (TPSA) is 24.9 Å². The molecule has 1 aromatic carbocycles. The molecular formula is C17H22N2. The van der Waals surface area contributed by atoms with Crippen LogP contribution in [0.2, 0.25) is 0 Å². The fraction of sp³-hybridized carbons (Fsp3) is 0.353. The van der Waals surface area contributed by atoms with Gasteiger partial charge in [0, 0.05) is 18.4 Å². The van der Waals surface area contributed by atoms with Gasteiger partial charge < -0.3 is 5.32 Å². The molecule has 2 nitrogen and oxygen atoms in total. The Labute approximate surface area is 115 Å². The molecule has 2 rings (SSSR count). The lowest BCUT2D eigenvalue weighted by Gasteiger charge is -2.19. The van der Waals surface area contributed by atoms with Gasteiger partial charge in [0.25, 0.3) is 0 Å². The van der Waals surface area contributed by atoms with Crippen molar-refractivity contribution in [2.45, 2.75) is 32.7 Å². The molecule has 2 aromatic rings. The third kappa shape index (κ3) is 4.18. The predicted octanol–water partition coefficient (Wildman–Crippen LogP) is 3.15. The van der Waals surface area contributed by atoms with E-state index in [0.717, 1.165) is 19.4 Å². The smallest absolute Gasteiger partial charge is 0.0300 e. The van der Waals surface area contributed by atoms with Crippen LogP contribution in [0.4, 0.5) is 0 Å². The largest absolute Gasteiger partial charge is 0.314 e. The highest BCUT2D eigenvalue weighted by Gasteiger charge is 2.10. The summed E-state index contributed by atoms with van der Waals surface area (Å²) >= 11 is 0. The molecule has 0 aliphatic carbocycles. The molecule has 0 fully saturated rings. The van der Waals surface area contributed by atoms with E-state index in [0.29, 0.717) is 6.04 Å². The van der Waals surface area contributed by atoms with E-state index < -0.39 is 0 Å². The predicted molar refractivity (Wildman–Crippen MR) is 80.3 cm³/mol. The lowest BCUT2D eigenvalue weighted by atomic mass is 9.97. The zero-order valence-corrected chi connectivity index (χ0v) is 11.8. The number of hydrogen-bond donors (Lipinski definition) is 1. The Bertz CT molecular complexity index is 494. The molecule has 1 aromatic heterocycles. The van der Waals surface area contributed by atoms with Gasteiger partial charge >= 0.3 is 0 Å². The first kappa shape index (κ1) is 13.8. The summed E-state index contributed by atoms with van der Waals surface area (Å²) < 4.78 is 0. The van der Waals surface area contributed by atoms with Crippen LogP contribution in [0.15, 0.2) is 48.8 Å². The molecular weight excluding hydrogens is 232 g/mol. The van der Waals surface area contributed by atoms with Crippen LogP contribution in [0, 0.1) is 6.92 Å². The van der Waals surface area contributed by atoms with Crippen LogP contribution in [0.5, 0.6) is 0 Å². The van der Waals surface area contributed by atoms with Crippen LogP contribution in [0.25, 0.3) is 0 Å². The van der Waals surface area contributed by atoms with Gasteiger partial charge in [-0.05, 0) is 49.1 Å². The fourth-order valence-electron chi connectivity index (χ4n) is 2.41. The summed E-state index contributed by atoms with van der Waals surface area (Å²) in [7, 11) is 0. The van der Waals surface area contributed by atoms with Gasteiger partial charge in [-0.15, -0.1) is 0 Å². The van der Waals surface area contributed by atoms with Crippen LogP contribution in [-0.4, -0.2) is 17.6 Å². The normalized spacial score (nSPS) is 12.3. The molecule has 0 saturated carbocycles. The van der Waals surface area contributed by atoms with Gasteiger partial charge in [0.1, 0.15) is 0 Å². The highest BCUT2D eigenvalue weighted by atomic mass is 14.9. The molecule has 19 heavy (non-hydrogen) atoms. The van der Waals surface area contributed by atoms with Crippen molar-refractivity contribution in [1.29, 1.82) is 0 Å². The molecule has 1 atom stereocenters. The molecule has 0 bridgehead atoms. The monoisotopic (exact) mass is 254 g/mol. The molecule has 0 spiro atoms. The molecule has 0 amide bonds. The zero-order chi connectivity index (χ0) is 13.5. The highest BCUT2D eigenvalue weighted by Crippen LogP contribution is 2.12. The maximum absolute atomic E-state index is 4.19. The first-order chi connectivity index (χ1) is 9.29. The minimum atomic E-state index is 0.468. The minimum Gasteiger partial charge on any atom is -0.314 e. The number of pyridine rings is 1. The number of nitrogens with zero attached hydrogens (tertiary/aromatic N) is 1. The van der Waals surface area contributed by atoms with Gasteiger partial charge in [0.2, 0.25) is 0 Å². The molecule has 0 saturated heterocycles. The highest BCUT2D eigenvalue weighted by molar-refractivity contribution is 5.27. The SMILES string of the molecule is CCNC(Cc1cccnc1)Cc1ccccc1C. The van der Waals surface area contributed by atoms with Crippen molar-refractivity contribution in [2.24, 2.45) is 0 Å². The molecule has 0 aliphatic heterocycles. The summed E-state index contributed by atoms with van der Waals surface area (Å²) in [6.45, 7) is 5.34. The van der Waals surface area contributed by atoms with Crippen LogP contribution < -0.4 is 5.32 Å². The third-order valence-corrected chi connectivity index (χ3v) is 3.43. The number of aromatic nitrogens is 1. The Morgan fingerprint density at radius 1 is 1.11 bits per heavy atom. The number of benzene rings is 1. The Morgan fingerprint density at radius 2 is 1.95 bits per heavy atom. The lowest BCUT2D eigenvalue weighted by molar-refractivity contribution is 0.520. The average molecular weight is 254 g/mol. The van der Waals surface area contributed by atoms with Crippen molar-refractivity contribution in [2.75, 3.05) is 6.54 Å². The summed E-state index contributed by atoms with van der Waals surface area (Å²) in [5.41, 5.74) is 4.09. The van der Waals surface area contributed by atoms with Crippen molar-refractivity contribution in [3.8, 4) is 0 Å². The van der Waals surface area contributed by atoms with Crippen molar-refractivity contribution >= 4 is 0 Å². The van der Waals surface area contributed by atoms with Crippen molar-refractivity contribution < 1.29 is 0 Å². The lowest BCUT2D eigenvalue weighted by Crippen LogP contribution is -2.33. The van der Waals surface area contributed by atoms with Crippen LogP contribution in [0.1, 0.15) is 23.6 Å². The fourth-order valence-corrected chi connectivity index (χ4v) is 2.41. The summed E-state index contributed by atoms with van der Waals surface area (Å²) in [6, 6.07) is 13.2. The van der Waals surface area contributed by atoms with Gasteiger partial charge in [-0.3, -0.25) is 4.98 Å². The molecule has 100 valence electrons.